The van der Waals surface area contributed by atoms with Gasteiger partial charge in [0.15, 0.2) is 5.11 Å². The molecule has 0 aliphatic heterocycles. The maximum atomic E-state index is 8.98. The number of benzene rings is 1. The van der Waals surface area contributed by atoms with Crippen molar-refractivity contribution in [2.24, 2.45) is 5.73 Å². The molecule has 94 valence electrons. The van der Waals surface area contributed by atoms with E-state index in [1.165, 1.54) is 0 Å². The number of nitrogens with one attached hydrogen (secondary N) is 1. The van der Waals surface area contributed by atoms with E-state index in [1.807, 2.05) is 31.2 Å². The van der Waals surface area contributed by atoms with Gasteiger partial charge in [-0.05, 0) is 55.0 Å². The Morgan fingerprint density at radius 1 is 1.39 bits per heavy atom. The number of anilines is 1. The van der Waals surface area contributed by atoms with E-state index in [2.05, 4.69) is 5.32 Å². The second-order valence-corrected chi connectivity index (χ2v) is 4.38. The number of furan rings is 1. The van der Waals surface area contributed by atoms with Crippen LogP contribution in [0.4, 0.5) is 5.69 Å². The fourth-order valence-corrected chi connectivity index (χ4v) is 1.89. The van der Waals surface area contributed by atoms with Gasteiger partial charge in [-0.1, -0.05) is 0 Å². The third kappa shape index (κ3) is 2.69. The molecule has 0 radical (unpaired) electrons. The van der Waals surface area contributed by atoms with Gasteiger partial charge in [0.25, 0.3) is 0 Å². The SMILES string of the molecule is Cc1cc(NC(N)=S)ccc1-c1ccc(CO)o1. The summed E-state index contributed by atoms with van der Waals surface area (Å²) < 4.78 is 5.50. The second-order valence-electron chi connectivity index (χ2n) is 3.94. The van der Waals surface area contributed by atoms with Crippen LogP contribution in [0, 0.1) is 6.92 Å². The molecule has 4 N–H and O–H groups in total. The molecule has 0 saturated carbocycles. The second kappa shape index (κ2) is 5.20. The summed E-state index contributed by atoms with van der Waals surface area (Å²) in [5, 5.41) is 12.1. The van der Waals surface area contributed by atoms with Gasteiger partial charge in [-0.3, -0.25) is 0 Å². The van der Waals surface area contributed by atoms with Crippen LogP contribution in [0.3, 0.4) is 0 Å². The monoisotopic (exact) mass is 262 g/mol. The minimum Gasteiger partial charge on any atom is -0.459 e. The number of aliphatic hydroxyl groups is 1. The third-order valence-corrected chi connectivity index (χ3v) is 2.68. The molecule has 2 aromatic rings. The number of hydrogen-bond donors (Lipinski definition) is 3. The average molecular weight is 262 g/mol. The molecule has 0 fully saturated rings. The molecule has 18 heavy (non-hydrogen) atoms. The Labute approximate surface area is 110 Å². The van der Waals surface area contributed by atoms with Crippen LogP contribution >= 0.6 is 12.2 Å². The highest BCUT2D eigenvalue weighted by molar-refractivity contribution is 7.80. The lowest BCUT2D eigenvalue weighted by atomic mass is 10.1. The Morgan fingerprint density at radius 2 is 2.17 bits per heavy atom. The van der Waals surface area contributed by atoms with Gasteiger partial charge < -0.3 is 20.6 Å². The topological polar surface area (TPSA) is 71.4 Å². The van der Waals surface area contributed by atoms with Crippen LogP contribution in [0.1, 0.15) is 11.3 Å². The van der Waals surface area contributed by atoms with E-state index in [-0.39, 0.29) is 11.7 Å². The highest BCUT2D eigenvalue weighted by Crippen LogP contribution is 2.27. The summed E-state index contributed by atoms with van der Waals surface area (Å²) in [6, 6.07) is 9.35. The van der Waals surface area contributed by atoms with Gasteiger partial charge in [-0.15, -0.1) is 0 Å². The van der Waals surface area contributed by atoms with Crippen molar-refractivity contribution in [3.05, 3.63) is 41.7 Å². The zero-order valence-electron chi connectivity index (χ0n) is 9.93. The molecule has 5 heteroatoms. The first-order chi connectivity index (χ1) is 8.60. The van der Waals surface area contributed by atoms with Crippen LogP contribution in [-0.2, 0) is 6.61 Å². The van der Waals surface area contributed by atoms with Crippen LogP contribution in [-0.4, -0.2) is 10.2 Å². The molecular formula is C13H14N2O2S. The molecule has 4 nitrogen and oxygen atoms in total. The van der Waals surface area contributed by atoms with E-state index in [9.17, 15) is 0 Å². The number of thiocarbonyl (C=S) groups is 1. The largest absolute Gasteiger partial charge is 0.459 e. The van der Waals surface area contributed by atoms with E-state index < -0.39 is 0 Å². The van der Waals surface area contributed by atoms with Crippen molar-refractivity contribution in [3.8, 4) is 11.3 Å². The van der Waals surface area contributed by atoms with Crippen LogP contribution in [0.5, 0.6) is 0 Å². The van der Waals surface area contributed by atoms with Gasteiger partial charge in [0, 0.05) is 11.3 Å². The summed E-state index contributed by atoms with van der Waals surface area (Å²) in [7, 11) is 0. The average Bonchev–Trinajstić information content (AvgIpc) is 2.76. The molecule has 2 rings (SSSR count). The van der Waals surface area contributed by atoms with Crippen molar-refractivity contribution in [1.29, 1.82) is 0 Å². The zero-order chi connectivity index (χ0) is 13.1. The number of aliphatic hydroxyl groups excluding tert-OH is 1. The normalized spacial score (nSPS) is 10.3. The molecule has 0 saturated heterocycles. The molecule has 0 bridgehead atoms. The number of rotatable bonds is 3. The quantitative estimate of drug-likeness (QED) is 0.741. The Balaban J connectivity index is 2.32. The fourth-order valence-electron chi connectivity index (χ4n) is 1.77. The third-order valence-electron chi connectivity index (χ3n) is 2.58. The van der Waals surface area contributed by atoms with Gasteiger partial charge in [-0.2, -0.15) is 0 Å². The molecule has 0 amide bonds. The van der Waals surface area contributed by atoms with Gasteiger partial charge in [-0.25, -0.2) is 0 Å². The Bertz CT molecular complexity index is 578. The van der Waals surface area contributed by atoms with Crippen molar-refractivity contribution in [1.82, 2.24) is 0 Å². The molecule has 1 aromatic carbocycles. The summed E-state index contributed by atoms with van der Waals surface area (Å²) in [6.45, 7) is 1.88. The minimum atomic E-state index is -0.0971. The summed E-state index contributed by atoms with van der Waals surface area (Å²) in [5.41, 5.74) is 8.28. The van der Waals surface area contributed by atoms with Crippen LogP contribution in [0.2, 0.25) is 0 Å². The molecule has 0 aliphatic rings. The van der Waals surface area contributed by atoms with Gasteiger partial charge in [0.2, 0.25) is 0 Å². The number of aryl methyl sites for hydroxylation is 1. The maximum Gasteiger partial charge on any atom is 0.168 e. The van der Waals surface area contributed by atoms with E-state index in [4.69, 9.17) is 27.5 Å². The molecule has 1 aromatic heterocycles. The molecule has 0 aliphatic carbocycles. The highest BCUT2D eigenvalue weighted by Gasteiger charge is 2.07. The number of hydrogen-bond acceptors (Lipinski definition) is 3. The van der Waals surface area contributed by atoms with Gasteiger partial charge in [0.05, 0.1) is 0 Å². The fraction of sp³-hybridized carbons (Fsp3) is 0.154. The van der Waals surface area contributed by atoms with Gasteiger partial charge in [0.1, 0.15) is 18.1 Å². The van der Waals surface area contributed by atoms with Crippen molar-refractivity contribution >= 4 is 23.0 Å². The zero-order valence-corrected chi connectivity index (χ0v) is 10.8. The first-order valence-corrected chi connectivity index (χ1v) is 5.88. The Kier molecular flexibility index (Phi) is 3.64. The molecule has 0 spiro atoms. The molecular weight excluding hydrogens is 248 g/mol. The predicted octanol–water partition coefficient (Wildman–Crippen LogP) is 2.40. The smallest absolute Gasteiger partial charge is 0.168 e. The van der Waals surface area contributed by atoms with E-state index in [0.717, 1.165) is 22.6 Å². The maximum absolute atomic E-state index is 8.98. The Hall–Kier alpha value is -1.85. The van der Waals surface area contributed by atoms with E-state index in [0.29, 0.717) is 5.76 Å². The van der Waals surface area contributed by atoms with E-state index in [1.54, 1.807) is 6.07 Å². The summed E-state index contributed by atoms with van der Waals surface area (Å²) in [5.74, 6) is 1.29. The summed E-state index contributed by atoms with van der Waals surface area (Å²) in [6.07, 6.45) is 0. The van der Waals surface area contributed by atoms with Crippen molar-refractivity contribution in [2.75, 3.05) is 5.32 Å². The van der Waals surface area contributed by atoms with E-state index >= 15 is 0 Å². The summed E-state index contributed by atoms with van der Waals surface area (Å²) >= 11 is 4.79. The van der Waals surface area contributed by atoms with Crippen LogP contribution in [0.15, 0.2) is 34.7 Å². The lowest BCUT2D eigenvalue weighted by Crippen LogP contribution is -2.18. The number of nitrogens with two attached hydrogens (primary N) is 1. The van der Waals surface area contributed by atoms with Crippen LogP contribution in [0.25, 0.3) is 11.3 Å². The molecule has 0 atom stereocenters. The van der Waals surface area contributed by atoms with Crippen molar-refractivity contribution in [2.45, 2.75) is 13.5 Å². The first kappa shape index (κ1) is 12.6. The first-order valence-electron chi connectivity index (χ1n) is 5.47. The molecule has 1 heterocycles. The minimum absolute atomic E-state index is 0.0971. The van der Waals surface area contributed by atoms with Crippen molar-refractivity contribution in [3.63, 3.8) is 0 Å². The predicted molar refractivity (Wildman–Crippen MR) is 75.2 cm³/mol. The summed E-state index contributed by atoms with van der Waals surface area (Å²) in [4.78, 5) is 0. The lowest BCUT2D eigenvalue weighted by molar-refractivity contribution is 0.248. The lowest BCUT2D eigenvalue weighted by Gasteiger charge is -2.08. The molecule has 0 unspecified atom stereocenters. The Morgan fingerprint density at radius 3 is 2.72 bits per heavy atom. The van der Waals surface area contributed by atoms with Gasteiger partial charge >= 0.3 is 0 Å². The van der Waals surface area contributed by atoms with Crippen molar-refractivity contribution < 1.29 is 9.52 Å². The standard InChI is InChI=1S/C13H14N2O2S/c1-8-6-9(15-13(14)18)2-4-11(8)12-5-3-10(7-16)17-12/h2-6,16H,7H2,1H3,(H3,14,15,18). The van der Waals surface area contributed by atoms with Crippen LogP contribution < -0.4 is 11.1 Å². The highest BCUT2D eigenvalue weighted by atomic mass is 32.1.